The number of hydrogen-bond acceptors (Lipinski definition) is 5. The van der Waals surface area contributed by atoms with Gasteiger partial charge in [0.05, 0.1) is 20.8 Å². The number of benzene rings is 1. The van der Waals surface area contributed by atoms with Crippen molar-refractivity contribution in [2.45, 2.75) is 12.8 Å². The predicted octanol–water partition coefficient (Wildman–Crippen LogP) is 1.43. The fourth-order valence-corrected chi connectivity index (χ4v) is 2.89. The minimum Gasteiger partial charge on any atom is -0.493 e. The lowest BCUT2D eigenvalue weighted by Gasteiger charge is -2.34. The van der Waals surface area contributed by atoms with Gasteiger partial charge in [-0.05, 0) is 24.1 Å². The summed E-state index contributed by atoms with van der Waals surface area (Å²) in [5.41, 5.74) is 1.08. The fourth-order valence-electron chi connectivity index (χ4n) is 2.89. The summed E-state index contributed by atoms with van der Waals surface area (Å²) in [4.78, 5) is 16.7. The zero-order valence-corrected chi connectivity index (χ0v) is 14.9. The van der Waals surface area contributed by atoms with Gasteiger partial charge in [-0.3, -0.25) is 9.69 Å². The number of nitrogens with zero attached hydrogens (tertiary/aromatic N) is 2. The summed E-state index contributed by atoms with van der Waals surface area (Å²) in [7, 11) is 4.96. The monoisotopic (exact) mass is 336 g/mol. The van der Waals surface area contributed by atoms with E-state index in [9.17, 15) is 4.79 Å². The highest BCUT2D eigenvalue weighted by atomic mass is 16.5. The molecular weight excluding hydrogens is 308 g/mol. The molecule has 0 saturated carbocycles. The molecule has 0 N–H and O–H groups in total. The maximum absolute atomic E-state index is 12.4. The molecule has 1 aliphatic heterocycles. The molecule has 0 bridgehead atoms. The third-order valence-corrected chi connectivity index (χ3v) is 4.41. The number of carbonyl (C=O) groups excluding carboxylic acids is 1. The highest BCUT2D eigenvalue weighted by Gasteiger charge is 2.20. The Morgan fingerprint density at radius 2 is 1.75 bits per heavy atom. The summed E-state index contributed by atoms with van der Waals surface area (Å²) in [5, 5.41) is 0. The smallest absolute Gasteiger partial charge is 0.222 e. The van der Waals surface area contributed by atoms with E-state index in [1.165, 1.54) is 0 Å². The van der Waals surface area contributed by atoms with Crippen LogP contribution in [0.4, 0.5) is 0 Å². The summed E-state index contributed by atoms with van der Waals surface area (Å²) >= 11 is 0. The molecule has 6 nitrogen and oxygen atoms in total. The molecule has 0 aromatic heterocycles. The minimum absolute atomic E-state index is 0.219. The van der Waals surface area contributed by atoms with Crippen LogP contribution in [0.15, 0.2) is 18.2 Å². The Morgan fingerprint density at radius 3 is 2.38 bits per heavy atom. The SMILES string of the molecule is COCCN1CCN(C(=O)CCc2ccc(OC)c(OC)c2)CC1. The van der Waals surface area contributed by atoms with Gasteiger partial charge in [-0.1, -0.05) is 6.07 Å². The number of hydrogen-bond donors (Lipinski definition) is 0. The third-order valence-electron chi connectivity index (χ3n) is 4.41. The highest BCUT2D eigenvalue weighted by Crippen LogP contribution is 2.28. The van der Waals surface area contributed by atoms with Crippen molar-refractivity contribution in [2.24, 2.45) is 0 Å². The van der Waals surface area contributed by atoms with Gasteiger partial charge in [-0.15, -0.1) is 0 Å². The summed E-state index contributed by atoms with van der Waals surface area (Å²) in [6.45, 7) is 5.12. The molecule has 1 aromatic carbocycles. The van der Waals surface area contributed by atoms with E-state index < -0.39 is 0 Å². The molecule has 1 aliphatic rings. The van der Waals surface area contributed by atoms with E-state index >= 15 is 0 Å². The van der Waals surface area contributed by atoms with Crippen LogP contribution in [0.25, 0.3) is 0 Å². The lowest BCUT2D eigenvalue weighted by molar-refractivity contribution is -0.133. The lowest BCUT2D eigenvalue weighted by Crippen LogP contribution is -2.49. The maximum atomic E-state index is 12.4. The summed E-state index contributed by atoms with van der Waals surface area (Å²) in [6.07, 6.45) is 1.23. The van der Waals surface area contributed by atoms with E-state index in [0.29, 0.717) is 24.3 Å². The van der Waals surface area contributed by atoms with Gasteiger partial charge in [0.15, 0.2) is 11.5 Å². The van der Waals surface area contributed by atoms with Gasteiger partial charge in [0.2, 0.25) is 5.91 Å². The Morgan fingerprint density at radius 1 is 1.04 bits per heavy atom. The van der Waals surface area contributed by atoms with Crippen LogP contribution in [0.5, 0.6) is 11.5 Å². The van der Waals surface area contributed by atoms with Crippen LogP contribution in [0.1, 0.15) is 12.0 Å². The molecule has 1 saturated heterocycles. The Balaban J connectivity index is 1.79. The topological polar surface area (TPSA) is 51.2 Å². The van der Waals surface area contributed by atoms with Gasteiger partial charge in [0.1, 0.15) is 0 Å². The number of methoxy groups -OCH3 is 3. The molecule has 1 heterocycles. The van der Waals surface area contributed by atoms with E-state index in [4.69, 9.17) is 14.2 Å². The molecule has 0 spiro atoms. The van der Waals surface area contributed by atoms with Crippen LogP contribution in [0, 0.1) is 0 Å². The second-order valence-corrected chi connectivity index (χ2v) is 5.90. The van der Waals surface area contributed by atoms with Crippen molar-refractivity contribution in [3.8, 4) is 11.5 Å². The van der Waals surface area contributed by atoms with Gasteiger partial charge in [-0.25, -0.2) is 0 Å². The molecule has 1 amide bonds. The number of ether oxygens (including phenoxy) is 3. The zero-order valence-electron chi connectivity index (χ0n) is 14.9. The van der Waals surface area contributed by atoms with E-state index in [-0.39, 0.29) is 5.91 Å². The predicted molar refractivity (Wildman–Crippen MR) is 92.8 cm³/mol. The van der Waals surface area contributed by atoms with Crippen molar-refractivity contribution in [1.29, 1.82) is 0 Å². The second-order valence-electron chi connectivity index (χ2n) is 5.90. The van der Waals surface area contributed by atoms with E-state index in [2.05, 4.69) is 4.90 Å². The van der Waals surface area contributed by atoms with Crippen molar-refractivity contribution < 1.29 is 19.0 Å². The van der Waals surface area contributed by atoms with E-state index in [1.54, 1.807) is 21.3 Å². The molecule has 6 heteroatoms. The normalized spacial score (nSPS) is 15.4. The third kappa shape index (κ3) is 5.11. The summed E-state index contributed by atoms with van der Waals surface area (Å²) in [6, 6.07) is 5.80. The number of carbonyl (C=O) groups is 1. The molecule has 0 radical (unpaired) electrons. The van der Waals surface area contributed by atoms with Crippen LogP contribution in [0.2, 0.25) is 0 Å². The van der Waals surface area contributed by atoms with Crippen LogP contribution in [-0.2, 0) is 16.0 Å². The zero-order chi connectivity index (χ0) is 17.4. The first-order valence-electron chi connectivity index (χ1n) is 8.38. The molecule has 1 fully saturated rings. The highest BCUT2D eigenvalue weighted by molar-refractivity contribution is 5.76. The number of rotatable bonds is 8. The molecule has 0 atom stereocenters. The first-order valence-corrected chi connectivity index (χ1v) is 8.38. The molecule has 134 valence electrons. The summed E-state index contributed by atoms with van der Waals surface area (Å²) < 4.78 is 15.6. The molecule has 0 aliphatic carbocycles. The van der Waals surface area contributed by atoms with Gasteiger partial charge < -0.3 is 19.1 Å². The molecule has 1 aromatic rings. The quantitative estimate of drug-likeness (QED) is 0.719. The van der Waals surface area contributed by atoms with Crippen LogP contribution >= 0.6 is 0 Å². The number of piperazine rings is 1. The van der Waals surface area contributed by atoms with Crippen LogP contribution < -0.4 is 9.47 Å². The first kappa shape index (κ1) is 18.5. The Hall–Kier alpha value is -1.79. The van der Waals surface area contributed by atoms with Crippen molar-refractivity contribution in [3.63, 3.8) is 0 Å². The lowest BCUT2D eigenvalue weighted by atomic mass is 10.1. The standard InChI is InChI=1S/C18H28N2O4/c1-22-13-12-19-8-10-20(11-9-19)18(21)7-5-15-4-6-16(23-2)17(14-15)24-3/h4,6,14H,5,7-13H2,1-3H3. The van der Waals surface area contributed by atoms with Crippen molar-refractivity contribution in [1.82, 2.24) is 9.80 Å². The Kier molecular flexibility index (Phi) is 7.34. The fraction of sp³-hybridized carbons (Fsp3) is 0.611. The molecule has 0 unspecified atom stereocenters. The number of aryl methyl sites for hydroxylation is 1. The number of amides is 1. The summed E-state index contributed by atoms with van der Waals surface area (Å²) in [5.74, 6) is 1.63. The van der Waals surface area contributed by atoms with Crippen molar-refractivity contribution in [3.05, 3.63) is 23.8 Å². The van der Waals surface area contributed by atoms with E-state index in [1.807, 2.05) is 23.1 Å². The van der Waals surface area contributed by atoms with Crippen molar-refractivity contribution >= 4 is 5.91 Å². The van der Waals surface area contributed by atoms with Gasteiger partial charge in [0, 0.05) is 46.3 Å². The van der Waals surface area contributed by atoms with Crippen LogP contribution in [0.3, 0.4) is 0 Å². The van der Waals surface area contributed by atoms with Gasteiger partial charge in [-0.2, -0.15) is 0 Å². The molecule has 24 heavy (non-hydrogen) atoms. The van der Waals surface area contributed by atoms with Gasteiger partial charge >= 0.3 is 0 Å². The molecule has 2 rings (SSSR count). The Bertz CT molecular complexity index is 528. The molecular formula is C18H28N2O4. The van der Waals surface area contributed by atoms with Crippen molar-refractivity contribution in [2.75, 3.05) is 60.7 Å². The first-order chi connectivity index (χ1) is 11.7. The Labute approximate surface area is 144 Å². The average molecular weight is 336 g/mol. The van der Waals surface area contributed by atoms with Gasteiger partial charge in [0.25, 0.3) is 0 Å². The van der Waals surface area contributed by atoms with E-state index in [0.717, 1.165) is 44.9 Å². The second kappa shape index (κ2) is 9.49. The average Bonchev–Trinajstić information content (AvgIpc) is 2.64. The minimum atomic E-state index is 0.219. The van der Waals surface area contributed by atoms with Crippen LogP contribution in [-0.4, -0.2) is 76.4 Å². The maximum Gasteiger partial charge on any atom is 0.222 e. The largest absolute Gasteiger partial charge is 0.493 e.